The van der Waals surface area contributed by atoms with E-state index in [9.17, 15) is 5.11 Å². The Morgan fingerprint density at radius 3 is 2.13 bits per heavy atom. The number of rotatable bonds is 3. The van der Waals surface area contributed by atoms with Crippen LogP contribution >= 0.6 is 22.6 Å². The summed E-state index contributed by atoms with van der Waals surface area (Å²) in [6, 6.07) is 8.53. The fourth-order valence-electron chi connectivity index (χ4n) is 1.55. The van der Waals surface area contributed by atoms with Crippen molar-refractivity contribution in [2.75, 3.05) is 6.61 Å². The van der Waals surface area contributed by atoms with Crippen LogP contribution in [0.25, 0.3) is 0 Å². The molecule has 1 aromatic carbocycles. The summed E-state index contributed by atoms with van der Waals surface area (Å²) in [4.78, 5) is 0. The van der Waals surface area contributed by atoms with E-state index >= 15 is 0 Å². The second-order valence-electron chi connectivity index (χ2n) is 5.08. The lowest BCUT2D eigenvalue weighted by Gasteiger charge is -2.29. The number of aliphatic hydroxyl groups is 1. The number of hydrogen-bond donors (Lipinski definition) is 1. The number of benzene rings is 1. The second-order valence-corrected chi connectivity index (χ2v) is 6.32. The van der Waals surface area contributed by atoms with Gasteiger partial charge in [-0.2, -0.15) is 0 Å². The molecule has 0 radical (unpaired) electrons. The monoisotopic (exact) mass is 318 g/mol. The highest BCUT2D eigenvalue weighted by atomic mass is 127. The van der Waals surface area contributed by atoms with Crippen LogP contribution in [0.1, 0.15) is 26.3 Å². The zero-order valence-corrected chi connectivity index (χ0v) is 11.8. The molecule has 0 saturated heterocycles. The highest BCUT2D eigenvalue weighted by Crippen LogP contribution is 2.28. The van der Waals surface area contributed by atoms with E-state index in [1.807, 2.05) is 0 Å². The van der Waals surface area contributed by atoms with Crippen LogP contribution in [0.15, 0.2) is 24.3 Å². The van der Waals surface area contributed by atoms with Crippen molar-refractivity contribution in [1.29, 1.82) is 0 Å². The number of hydrogen-bond acceptors (Lipinski definition) is 1. The molecule has 1 N–H and O–H groups in total. The molecule has 0 amide bonds. The highest BCUT2D eigenvalue weighted by molar-refractivity contribution is 14.1. The van der Waals surface area contributed by atoms with Crippen molar-refractivity contribution < 1.29 is 5.11 Å². The average molecular weight is 318 g/mol. The van der Waals surface area contributed by atoms with Gasteiger partial charge in [0.15, 0.2) is 0 Å². The summed E-state index contributed by atoms with van der Waals surface area (Å²) in [5, 5.41) is 9.38. The van der Waals surface area contributed by atoms with Crippen molar-refractivity contribution in [3.8, 4) is 0 Å². The molecule has 1 unspecified atom stereocenters. The van der Waals surface area contributed by atoms with Crippen molar-refractivity contribution in [2.24, 2.45) is 11.3 Å². The lowest BCUT2D eigenvalue weighted by molar-refractivity contribution is 0.131. The molecular formula is C13H19IO. The summed E-state index contributed by atoms with van der Waals surface area (Å²) in [7, 11) is 0. The molecule has 0 saturated carbocycles. The second kappa shape index (κ2) is 5.30. The largest absolute Gasteiger partial charge is 0.396 e. The first kappa shape index (κ1) is 13.0. The van der Waals surface area contributed by atoms with Crippen LogP contribution in [0.4, 0.5) is 0 Å². The lowest BCUT2D eigenvalue weighted by Crippen LogP contribution is -2.25. The maximum Gasteiger partial charge on any atom is 0.0467 e. The molecule has 0 spiro atoms. The first-order chi connectivity index (χ1) is 6.93. The zero-order chi connectivity index (χ0) is 11.5. The molecule has 0 aliphatic rings. The van der Waals surface area contributed by atoms with Crippen LogP contribution in [0.2, 0.25) is 0 Å². The minimum absolute atomic E-state index is 0.164. The van der Waals surface area contributed by atoms with Crippen molar-refractivity contribution in [3.63, 3.8) is 0 Å². The molecule has 15 heavy (non-hydrogen) atoms. The smallest absolute Gasteiger partial charge is 0.0467 e. The summed E-state index contributed by atoms with van der Waals surface area (Å²) < 4.78 is 1.26. The molecule has 0 aromatic heterocycles. The normalized spacial score (nSPS) is 13.9. The van der Waals surface area contributed by atoms with Gasteiger partial charge in [0, 0.05) is 10.2 Å². The van der Waals surface area contributed by atoms with E-state index in [1.165, 1.54) is 9.13 Å². The van der Waals surface area contributed by atoms with Crippen LogP contribution < -0.4 is 0 Å². The molecule has 0 heterocycles. The molecule has 1 aromatic rings. The van der Waals surface area contributed by atoms with E-state index in [1.54, 1.807) is 0 Å². The van der Waals surface area contributed by atoms with E-state index < -0.39 is 0 Å². The Morgan fingerprint density at radius 1 is 1.20 bits per heavy atom. The number of aliphatic hydroxyl groups excluding tert-OH is 1. The molecule has 1 rings (SSSR count). The average Bonchev–Trinajstić information content (AvgIpc) is 2.15. The molecule has 84 valence electrons. The Labute approximate surface area is 106 Å². The quantitative estimate of drug-likeness (QED) is 0.846. The lowest BCUT2D eigenvalue weighted by atomic mass is 9.78. The molecule has 0 aliphatic carbocycles. The first-order valence-electron chi connectivity index (χ1n) is 5.29. The Kier molecular flexibility index (Phi) is 4.59. The third-order valence-corrected chi connectivity index (χ3v) is 3.56. The maximum atomic E-state index is 9.38. The van der Waals surface area contributed by atoms with Crippen molar-refractivity contribution in [1.82, 2.24) is 0 Å². The Bertz CT molecular complexity index is 297. The summed E-state index contributed by atoms with van der Waals surface area (Å²) in [6.07, 6.45) is 0.955. The van der Waals surface area contributed by atoms with Gasteiger partial charge < -0.3 is 5.11 Å². The van der Waals surface area contributed by atoms with E-state index in [4.69, 9.17) is 0 Å². The Morgan fingerprint density at radius 2 is 1.73 bits per heavy atom. The van der Waals surface area contributed by atoms with E-state index in [0.29, 0.717) is 5.92 Å². The predicted molar refractivity (Wildman–Crippen MR) is 72.9 cm³/mol. The third kappa shape index (κ3) is 4.11. The van der Waals surface area contributed by atoms with Gasteiger partial charge in [0.2, 0.25) is 0 Å². The fraction of sp³-hybridized carbons (Fsp3) is 0.538. The summed E-state index contributed by atoms with van der Waals surface area (Å²) in [6.45, 7) is 6.80. The topological polar surface area (TPSA) is 20.2 Å². The first-order valence-corrected chi connectivity index (χ1v) is 6.36. The van der Waals surface area contributed by atoms with E-state index in [0.717, 1.165) is 6.42 Å². The van der Waals surface area contributed by atoms with Gasteiger partial charge in [-0.3, -0.25) is 0 Å². The van der Waals surface area contributed by atoms with Gasteiger partial charge in [0.1, 0.15) is 0 Å². The molecule has 1 nitrogen and oxygen atoms in total. The highest BCUT2D eigenvalue weighted by Gasteiger charge is 2.23. The minimum Gasteiger partial charge on any atom is -0.396 e. The van der Waals surface area contributed by atoms with Crippen LogP contribution in [0, 0.1) is 14.9 Å². The van der Waals surface area contributed by atoms with Gasteiger partial charge in [-0.15, -0.1) is 0 Å². The van der Waals surface area contributed by atoms with Crippen molar-refractivity contribution in [3.05, 3.63) is 33.4 Å². The number of halogens is 1. The van der Waals surface area contributed by atoms with Gasteiger partial charge in [-0.1, -0.05) is 32.9 Å². The Balaban J connectivity index is 2.71. The summed E-state index contributed by atoms with van der Waals surface area (Å²) in [5.41, 5.74) is 1.47. The standard InChI is InChI=1S/C13H19IO/c1-13(2,3)11(9-15)8-10-4-6-12(14)7-5-10/h4-7,11,15H,8-9H2,1-3H3. The van der Waals surface area contributed by atoms with E-state index in [-0.39, 0.29) is 12.0 Å². The summed E-state index contributed by atoms with van der Waals surface area (Å²) in [5.74, 6) is 0.331. The van der Waals surface area contributed by atoms with Crippen LogP contribution in [-0.4, -0.2) is 11.7 Å². The van der Waals surface area contributed by atoms with Crippen LogP contribution in [0.3, 0.4) is 0 Å². The van der Waals surface area contributed by atoms with Crippen LogP contribution in [-0.2, 0) is 6.42 Å². The van der Waals surface area contributed by atoms with E-state index in [2.05, 4.69) is 67.6 Å². The van der Waals surface area contributed by atoms with Gasteiger partial charge in [0.25, 0.3) is 0 Å². The minimum atomic E-state index is 0.164. The van der Waals surface area contributed by atoms with Gasteiger partial charge >= 0.3 is 0 Å². The predicted octanol–water partition coefficient (Wildman–Crippen LogP) is 3.49. The Hall–Kier alpha value is -0.0900. The van der Waals surface area contributed by atoms with Gasteiger partial charge in [-0.25, -0.2) is 0 Å². The van der Waals surface area contributed by atoms with Gasteiger partial charge in [-0.05, 0) is 58.0 Å². The molecule has 0 aliphatic heterocycles. The van der Waals surface area contributed by atoms with Crippen molar-refractivity contribution in [2.45, 2.75) is 27.2 Å². The maximum absolute atomic E-state index is 9.38. The molecular weight excluding hydrogens is 299 g/mol. The van der Waals surface area contributed by atoms with Gasteiger partial charge in [0.05, 0.1) is 0 Å². The van der Waals surface area contributed by atoms with Crippen molar-refractivity contribution >= 4 is 22.6 Å². The fourth-order valence-corrected chi connectivity index (χ4v) is 1.91. The summed E-state index contributed by atoms with van der Waals surface area (Å²) >= 11 is 2.31. The molecule has 1 atom stereocenters. The molecule has 0 bridgehead atoms. The third-order valence-electron chi connectivity index (χ3n) is 2.84. The molecule has 0 fully saturated rings. The zero-order valence-electron chi connectivity index (χ0n) is 9.63. The molecule has 2 heteroatoms. The SMILES string of the molecule is CC(C)(C)C(CO)Cc1ccc(I)cc1. The van der Waals surface area contributed by atoms with Crippen LogP contribution in [0.5, 0.6) is 0 Å².